The van der Waals surface area contributed by atoms with Crippen LogP contribution in [-0.4, -0.2) is 40.9 Å². The van der Waals surface area contributed by atoms with E-state index in [1.807, 2.05) is 0 Å². The molecule has 0 bridgehead atoms. The third-order valence-electron chi connectivity index (χ3n) is 2.65. The zero-order valence-electron chi connectivity index (χ0n) is 10.5. The number of hydrogen-bond acceptors (Lipinski definition) is 6. The van der Waals surface area contributed by atoms with Crippen LogP contribution in [0.1, 0.15) is 34.1 Å². The van der Waals surface area contributed by atoms with Gasteiger partial charge < -0.3 is 20.7 Å². The van der Waals surface area contributed by atoms with Crippen molar-refractivity contribution in [1.29, 1.82) is 0 Å². The Hall–Kier alpha value is -1.50. The predicted molar refractivity (Wildman–Crippen MR) is 65.0 cm³/mol. The molecule has 2 atom stereocenters. The van der Waals surface area contributed by atoms with E-state index in [1.54, 1.807) is 13.0 Å². The third kappa shape index (κ3) is 3.25. The number of carbonyl (C=O) groups is 1. The number of aryl methyl sites for hydroxylation is 1. The van der Waals surface area contributed by atoms with Crippen molar-refractivity contribution in [3.05, 3.63) is 29.1 Å². The minimum Gasteiger partial charge on any atom is -0.464 e. The fraction of sp³-hybridized carbons (Fsp3) is 0.500. The lowest BCUT2D eigenvalue weighted by Gasteiger charge is -2.17. The lowest BCUT2D eigenvalue weighted by atomic mass is 10.0. The summed E-state index contributed by atoms with van der Waals surface area (Å²) in [5.74, 6) is -0.531. The first-order valence-electron chi connectivity index (χ1n) is 5.62. The molecule has 0 amide bonds. The minimum atomic E-state index is -1.06. The van der Waals surface area contributed by atoms with E-state index in [0.29, 0.717) is 17.5 Å². The summed E-state index contributed by atoms with van der Waals surface area (Å²) in [6.07, 6.45) is -0.366. The molecule has 1 rings (SSSR count). The first-order chi connectivity index (χ1) is 8.51. The van der Waals surface area contributed by atoms with Gasteiger partial charge in [-0.3, -0.25) is 0 Å². The molecule has 0 aliphatic rings. The molecule has 100 valence electrons. The van der Waals surface area contributed by atoms with E-state index < -0.39 is 18.2 Å². The standard InChI is InChI=1S/C12H18N2O4/c1-7-5-8(11(16)9(15)3-4-13)6-14-10(7)12(17)18-2/h5-6,9,11,15-16H,3-4,13H2,1-2H3. The lowest BCUT2D eigenvalue weighted by molar-refractivity contribution is 0.0147. The average Bonchev–Trinajstić information content (AvgIpc) is 2.37. The number of nitrogens with two attached hydrogens (primary N) is 1. The second-order valence-corrected chi connectivity index (χ2v) is 4.02. The Bertz CT molecular complexity index is 423. The number of aromatic nitrogens is 1. The molecule has 18 heavy (non-hydrogen) atoms. The molecule has 0 aliphatic carbocycles. The van der Waals surface area contributed by atoms with Crippen molar-refractivity contribution in [2.24, 2.45) is 5.73 Å². The van der Waals surface area contributed by atoms with Crippen molar-refractivity contribution < 1.29 is 19.7 Å². The van der Waals surface area contributed by atoms with Crippen LogP contribution in [0.15, 0.2) is 12.3 Å². The zero-order chi connectivity index (χ0) is 13.7. The van der Waals surface area contributed by atoms with Crippen LogP contribution in [0.4, 0.5) is 0 Å². The van der Waals surface area contributed by atoms with Crippen molar-refractivity contribution >= 4 is 5.97 Å². The van der Waals surface area contributed by atoms with Crippen molar-refractivity contribution in [3.8, 4) is 0 Å². The third-order valence-corrected chi connectivity index (χ3v) is 2.65. The van der Waals surface area contributed by atoms with Gasteiger partial charge in [0.2, 0.25) is 0 Å². The van der Waals surface area contributed by atoms with Crippen LogP contribution in [0.2, 0.25) is 0 Å². The molecule has 0 radical (unpaired) electrons. The Morgan fingerprint density at radius 3 is 2.72 bits per heavy atom. The van der Waals surface area contributed by atoms with Gasteiger partial charge >= 0.3 is 5.97 Å². The van der Waals surface area contributed by atoms with Gasteiger partial charge in [0.25, 0.3) is 0 Å². The molecule has 2 unspecified atom stereocenters. The first-order valence-corrected chi connectivity index (χ1v) is 5.62. The SMILES string of the molecule is COC(=O)c1ncc(C(O)C(O)CCN)cc1C. The molecule has 6 nitrogen and oxygen atoms in total. The van der Waals surface area contributed by atoms with Gasteiger partial charge in [0.1, 0.15) is 6.10 Å². The van der Waals surface area contributed by atoms with Gasteiger partial charge in [0, 0.05) is 11.8 Å². The number of esters is 1. The van der Waals surface area contributed by atoms with E-state index in [0.717, 1.165) is 0 Å². The molecule has 6 heteroatoms. The Labute approximate surface area is 105 Å². The Balaban J connectivity index is 2.93. The highest BCUT2D eigenvalue weighted by Crippen LogP contribution is 2.20. The van der Waals surface area contributed by atoms with Gasteiger partial charge in [-0.05, 0) is 31.5 Å². The number of ether oxygens (including phenoxy) is 1. The maximum atomic E-state index is 11.3. The quantitative estimate of drug-likeness (QED) is 0.635. The number of rotatable bonds is 5. The van der Waals surface area contributed by atoms with Gasteiger partial charge in [-0.2, -0.15) is 0 Å². The number of carbonyl (C=O) groups excluding carboxylic acids is 1. The van der Waals surface area contributed by atoms with Crippen molar-refractivity contribution in [1.82, 2.24) is 4.98 Å². The summed E-state index contributed by atoms with van der Waals surface area (Å²) in [4.78, 5) is 15.3. The number of aliphatic hydroxyl groups is 2. The van der Waals surface area contributed by atoms with Crippen LogP contribution in [0.5, 0.6) is 0 Å². The number of methoxy groups -OCH3 is 1. The Kier molecular flexibility index (Phi) is 5.21. The molecule has 0 saturated carbocycles. The molecule has 0 fully saturated rings. The highest BCUT2D eigenvalue weighted by molar-refractivity contribution is 5.88. The van der Waals surface area contributed by atoms with E-state index in [9.17, 15) is 15.0 Å². The van der Waals surface area contributed by atoms with Crippen LogP contribution in [-0.2, 0) is 4.74 Å². The fourth-order valence-electron chi connectivity index (χ4n) is 1.62. The highest BCUT2D eigenvalue weighted by Gasteiger charge is 2.20. The van der Waals surface area contributed by atoms with Gasteiger partial charge in [-0.25, -0.2) is 9.78 Å². The van der Waals surface area contributed by atoms with Crippen molar-refractivity contribution in [3.63, 3.8) is 0 Å². The second kappa shape index (κ2) is 6.44. The van der Waals surface area contributed by atoms with Crippen LogP contribution >= 0.6 is 0 Å². The zero-order valence-corrected chi connectivity index (χ0v) is 10.5. The molecular formula is C12H18N2O4. The summed E-state index contributed by atoms with van der Waals surface area (Å²) in [7, 11) is 1.28. The van der Waals surface area contributed by atoms with E-state index in [4.69, 9.17) is 5.73 Å². The summed E-state index contributed by atoms with van der Waals surface area (Å²) in [5, 5.41) is 19.5. The number of pyridine rings is 1. The monoisotopic (exact) mass is 254 g/mol. The fourth-order valence-corrected chi connectivity index (χ4v) is 1.62. The smallest absolute Gasteiger partial charge is 0.356 e. The number of nitrogens with zero attached hydrogens (tertiary/aromatic N) is 1. The maximum absolute atomic E-state index is 11.3. The van der Waals surface area contributed by atoms with Crippen LogP contribution in [0, 0.1) is 6.92 Å². The topological polar surface area (TPSA) is 106 Å². The maximum Gasteiger partial charge on any atom is 0.356 e. The second-order valence-electron chi connectivity index (χ2n) is 4.02. The van der Waals surface area contributed by atoms with Crippen LogP contribution in [0.3, 0.4) is 0 Å². The van der Waals surface area contributed by atoms with Crippen molar-refractivity contribution in [2.75, 3.05) is 13.7 Å². The Morgan fingerprint density at radius 1 is 1.56 bits per heavy atom. The normalized spacial score (nSPS) is 14.1. The lowest BCUT2D eigenvalue weighted by Crippen LogP contribution is -2.22. The number of aliphatic hydroxyl groups excluding tert-OH is 2. The van der Waals surface area contributed by atoms with Crippen LogP contribution in [0.25, 0.3) is 0 Å². The van der Waals surface area contributed by atoms with Gasteiger partial charge in [-0.1, -0.05) is 0 Å². The summed E-state index contributed by atoms with van der Waals surface area (Å²) in [6, 6.07) is 1.60. The Morgan fingerprint density at radius 2 is 2.22 bits per heavy atom. The summed E-state index contributed by atoms with van der Waals surface area (Å²) in [6.45, 7) is 1.97. The summed E-state index contributed by atoms with van der Waals surface area (Å²) in [5.41, 5.74) is 6.53. The predicted octanol–water partition coefficient (Wildman–Crippen LogP) is -0.0803. The average molecular weight is 254 g/mol. The largest absolute Gasteiger partial charge is 0.464 e. The van der Waals surface area contributed by atoms with E-state index >= 15 is 0 Å². The molecule has 0 saturated heterocycles. The highest BCUT2D eigenvalue weighted by atomic mass is 16.5. The van der Waals surface area contributed by atoms with E-state index in [-0.39, 0.29) is 12.2 Å². The van der Waals surface area contributed by atoms with E-state index in [2.05, 4.69) is 9.72 Å². The number of hydrogen-bond donors (Lipinski definition) is 3. The van der Waals surface area contributed by atoms with Crippen molar-refractivity contribution in [2.45, 2.75) is 25.6 Å². The first kappa shape index (κ1) is 14.6. The van der Waals surface area contributed by atoms with Gasteiger partial charge in [0.15, 0.2) is 5.69 Å². The van der Waals surface area contributed by atoms with E-state index in [1.165, 1.54) is 13.3 Å². The molecule has 0 aliphatic heterocycles. The molecule has 1 heterocycles. The molecular weight excluding hydrogens is 236 g/mol. The summed E-state index contributed by atoms with van der Waals surface area (Å²) < 4.78 is 4.57. The van der Waals surface area contributed by atoms with Crippen LogP contribution < -0.4 is 5.73 Å². The minimum absolute atomic E-state index is 0.196. The molecule has 1 aromatic rings. The van der Waals surface area contributed by atoms with Gasteiger partial charge in [0.05, 0.1) is 13.2 Å². The molecule has 0 spiro atoms. The molecule has 0 aromatic carbocycles. The summed E-state index contributed by atoms with van der Waals surface area (Å²) >= 11 is 0. The molecule has 1 aromatic heterocycles. The molecule has 4 N–H and O–H groups in total. The van der Waals surface area contributed by atoms with Gasteiger partial charge in [-0.15, -0.1) is 0 Å².